The van der Waals surface area contributed by atoms with Gasteiger partial charge in [-0.25, -0.2) is 0 Å². The molecule has 0 bridgehead atoms. The van der Waals surface area contributed by atoms with Crippen LogP contribution in [-0.4, -0.2) is 15.6 Å². The molecule has 1 heterocycles. The van der Waals surface area contributed by atoms with Gasteiger partial charge < -0.3 is 5.73 Å². The van der Waals surface area contributed by atoms with E-state index >= 15 is 0 Å². The highest BCUT2D eigenvalue weighted by Crippen LogP contribution is 2.13. The number of carbonyl (C=O) groups is 1. The minimum Gasteiger partial charge on any atom is -0.318 e. The van der Waals surface area contributed by atoms with Crippen LogP contribution in [0, 0.1) is 6.92 Å². The van der Waals surface area contributed by atoms with Crippen LogP contribution in [0.15, 0.2) is 36.4 Å². The Bertz CT molecular complexity index is 545. The minimum absolute atomic E-state index is 0.00389. The molecule has 0 unspecified atom stereocenters. The molecule has 2 N–H and O–H groups in total. The first-order valence-electron chi connectivity index (χ1n) is 5.90. The molecule has 2 rings (SSSR count). The molecule has 0 radical (unpaired) electrons. The minimum atomic E-state index is -0.568. The van der Waals surface area contributed by atoms with Crippen molar-refractivity contribution in [3.8, 4) is 0 Å². The topological polar surface area (TPSA) is 60.9 Å². The lowest BCUT2D eigenvalue weighted by atomic mass is 10.0. The SMILES string of the molecule is Cc1cc(CC(=O)[C@H](N)c2ccccc2)n(C)n1. The number of hydrogen-bond donors (Lipinski definition) is 1. The summed E-state index contributed by atoms with van der Waals surface area (Å²) in [4.78, 5) is 12.1. The van der Waals surface area contributed by atoms with E-state index in [4.69, 9.17) is 5.73 Å². The van der Waals surface area contributed by atoms with Gasteiger partial charge in [-0.15, -0.1) is 0 Å². The molecule has 0 aliphatic rings. The summed E-state index contributed by atoms with van der Waals surface area (Å²) in [6.07, 6.45) is 0.313. The highest BCUT2D eigenvalue weighted by molar-refractivity contribution is 5.86. The van der Waals surface area contributed by atoms with Gasteiger partial charge in [0.05, 0.1) is 18.2 Å². The highest BCUT2D eigenvalue weighted by atomic mass is 16.1. The van der Waals surface area contributed by atoms with Crippen LogP contribution in [0.5, 0.6) is 0 Å². The van der Waals surface area contributed by atoms with E-state index in [-0.39, 0.29) is 5.78 Å². The summed E-state index contributed by atoms with van der Waals surface area (Å²) in [6.45, 7) is 1.91. The van der Waals surface area contributed by atoms with Crippen molar-refractivity contribution < 1.29 is 4.79 Å². The Hall–Kier alpha value is -1.94. The molecule has 0 amide bonds. The van der Waals surface area contributed by atoms with Crippen molar-refractivity contribution in [3.05, 3.63) is 53.3 Å². The molecule has 1 atom stereocenters. The van der Waals surface area contributed by atoms with Crippen LogP contribution in [0.1, 0.15) is 23.0 Å². The van der Waals surface area contributed by atoms with Gasteiger partial charge in [0.1, 0.15) is 0 Å². The van der Waals surface area contributed by atoms with Crippen LogP contribution in [-0.2, 0) is 18.3 Å². The number of aryl methyl sites for hydroxylation is 2. The van der Waals surface area contributed by atoms with Crippen molar-refractivity contribution in [1.82, 2.24) is 9.78 Å². The van der Waals surface area contributed by atoms with E-state index in [2.05, 4.69) is 5.10 Å². The van der Waals surface area contributed by atoms with E-state index in [1.807, 2.05) is 50.4 Å². The van der Waals surface area contributed by atoms with E-state index in [0.717, 1.165) is 17.0 Å². The second-order valence-corrected chi connectivity index (χ2v) is 4.43. The highest BCUT2D eigenvalue weighted by Gasteiger charge is 2.17. The molecule has 18 heavy (non-hydrogen) atoms. The molecule has 0 spiro atoms. The van der Waals surface area contributed by atoms with Crippen LogP contribution in [0.2, 0.25) is 0 Å². The van der Waals surface area contributed by atoms with Gasteiger partial charge >= 0.3 is 0 Å². The van der Waals surface area contributed by atoms with Crippen molar-refractivity contribution in [3.63, 3.8) is 0 Å². The van der Waals surface area contributed by atoms with Gasteiger partial charge in [0.25, 0.3) is 0 Å². The molecule has 0 saturated carbocycles. The fourth-order valence-electron chi connectivity index (χ4n) is 1.96. The third kappa shape index (κ3) is 2.65. The summed E-state index contributed by atoms with van der Waals surface area (Å²) in [5, 5.41) is 4.22. The van der Waals surface area contributed by atoms with E-state index in [1.54, 1.807) is 4.68 Å². The smallest absolute Gasteiger partial charge is 0.159 e. The van der Waals surface area contributed by atoms with Crippen LogP contribution >= 0.6 is 0 Å². The molecule has 2 aromatic rings. The number of ketones is 1. The first kappa shape index (κ1) is 12.5. The molecule has 4 nitrogen and oxygen atoms in total. The number of nitrogens with zero attached hydrogens (tertiary/aromatic N) is 2. The van der Waals surface area contributed by atoms with Crippen LogP contribution in [0.3, 0.4) is 0 Å². The monoisotopic (exact) mass is 243 g/mol. The second kappa shape index (κ2) is 5.14. The van der Waals surface area contributed by atoms with E-state index in [1.165, 1.54) is 0 Å². The lowest BCUT2D eigenvalue weighted by molar-refractivity contribution is -0.119. The Labute approximate surface area is 106 Å². The quantitative estimate of drug-likeness (QED) is 0.886. The van der Waals surface area contributed by atoms with Crippen molar-refractivity contribution in [2.75, 3.05) is 0 Å². The number of carbonyl (C=O) groups excluding carboxylic acids is 1. The first-order valence-corrected chi connectivity index (χ1v) is 5.90. The Morgan fingerprint density at radius 1 is 1.39 bits per heavy atom. The van der Waals surface area contributed by atoms with E-state index < -0.39 is 6.04 Å². The van der Waals surface area contributed by atoms with Crippen LogP contribution < -0.4 is 5.73 Å². The maximum atomic E-state index is 12.1. The van der Waals surface area contributed by atoms with Crippen molar-refractivity contribution in [2.24, 2.45) is 12.8 Å². The number of benzene rings is 1. The van der Waals surface area contributed by atoms with Gasteiger partial charge in [-0.2, -0.15) is 5.10 Å². The number of Topliss-reactive ketones (excluding diaryl/α,β-unsaturated/α-hetero) is 1. The van der Waals surface area contributed by atoms with Crippen molar-refractivity contribution in [2.45, 2.75) is 19.4 Å². The van der Waals surface area contributed by atoms with E-state index in [0.29, 0.717) is 6.42 Å². The average Bonchev–Trinajstić information content (AvgIpc) is 2.68. The normalized spacial score (nSPS) is 12.4. The molecule has 0 saturated heterocycles. The number of nitrogens with two attached hydrogens (primary N) is 1. The lowest BCUT2D eigenvalue weighted by Gasteiger charge is -2.10. The molecule has 4 heteroatoms. The summed E-state index contributed by atoms with van der Waals surface area (Å²) >= 11 is 0. The summed E-state index contributed by atoms with van der Waals surface area (Å²) < 4.78 is 1.73. The maximum absolute atomic E-state index is 12.1. The van der Waals surface area contributed by atoms with Gasteiger partial charge in [0, 0.05) is 12.7 Å². The predicted octanol–water partition coefficient (Wildman–Crippen LogP) is 1.54. The second-order valence-electron chi connectivity index (χ2n) is 4.43. The summed E-state index contributed by atoms with van der Waals surface area (Å²) in [7, 11) is 1.84. The molecule has 0 aliphatic heterocycles. The third-order valence-electron chi connectivity index (χ3n) is 2.96. The van der Waals surface area contributed by atoms with Gasteiger partial charge in [-0.3, -0.25) is 9.48 Å². The molecule has 1 aromatic carbocycles. The first-order chi connectivity index (χ1) is 8.58. The average molecular weight is 243 g/mol. The van der Waals surface area contributed by atoms with Gasteiger partial charge in [0.2, 0.25) is 0 Å². The van der Waals surface area contributed by atoms with Gasteiger partial charge in [-0.1, -0.05) is 30.3 Å². The predicted molar refractivity (Wildman–Crippen MR) is 70.0 cm³/mol. The summed E-state index contributed by atoms with van der Waals surface area (Å²) in [5.74, 6) is 0.00389. The summed E-state index contributed by atoms with van der Waals surface area (Å²) in [6, 6.07) is 10.8. The largest absolute Gasteiger partial charge is 0.318 e. The number of rotatable bonds is 4. The zero-order valence-corrected chi connectivity index (χ0v) is 10.6. The number of hydrogen-bond acceptors (Lipinski definition) is 3. The Kier molecular flexibility index (Phi) is 3.58. The number of aromatic nitrogens is 2. The van der Waals surface area contributed by atoms with E-state index in [9.17, 15) is 4.79 Å². The Balaban J connectivity index is 2.11. The summed E-state index contributed by atoms with van der Waals surface area (Å²) in [5.41, 5.74) is 8.62. The zero-order valence-electron chi connectivity index (χ0n) is 10.6. The van der Waals surface area contributed by atoms with Crippen molar-refractivity contribution in [1.29, 1.82) is 0 Å². The van der Waals surface area contributed by atoms with Crippen LogP contribution in [0.25, 0.3) is 0 Å². The Morgan fingerprint density at radius 3 is 2.61 bits per heavy atom. The molecular weight excluding hydrogens is 226 g/mol. The van der Waals surface area contributed by atoms with Gasteiger partial charge in [0.15, 0.2) is 5.78 Å². The lowest BCUT2D eigenvalue weighted by Crippen LogP contribution is -2.23. The van der Waals surface area contributed by atoms with Crippen LogP contribution in [0.4, 0.5) is 0 Å². The standard InChI is InChI=1S/C14H17N3O/c1-10-8-12(17(2)16-10)9-13(18)14(15)11-6-4-3-5-7-11/h3-8,14H,9,15H2,1-2H3/t14-/m1/s1. The van der Waals surface area contributed by atoms with Gasteiger partial charge in [-0.05, 0) is 18.6 Å². The fraction of sp³-hybridized carbons (Fsp3) is 0.286. The molecule has 0 aliphatic carbocycles. The Morgan fingerprint density at radius 2 is 2.06 bits per heavy atom. The molecule has 94 valence electrons. The molecule has 0 fully saturated rings. The third-order valence-corrected chi connectivity index (χ3v) is 2.96. The molecule has 1 aromatic heterocycles. The molecular formula is C14H17N3O. The maximum Gasteiger partial charge on any atom is 0.159 e. The fourth-order valence-corrected chi connectivity index (χ4v) is 1.96. The van der Waals surface area contributed by atoms with Crippen molar-refractivity contribution >= 4 is 5.78 Å². The zero-order chi connectivity index (χ0) is 13.1.